The number of non-ortho nitro benzene ring substituents is 1. The number of nitro groups is 1. The summed E-state index contributed by atoms with van der Waals surface area (Å²) < 4.78 is 4.83. The molecule has 1 rings (SSSR count). The number of anilines is 1. The molecule has 0 radical (unpaired) electrons. The maximum Gasteiger partial charge on any atom is 0.329 e. The zero-order valence-electron chi connectivity index (χ0n) is 9.88. The number of aliphatic carboxylic acids is 1. The van der Waals surface area contributed by atoms with Gasteiger partial charge in [0.25, 0.3) is 5.69 Å². The first-order valence-corrected chi connectivity index (χ1v) is 5.28. The number of carboxylic acid groups (broad SMARTS) is 1. The average molecular weight is 254 g/mol. The standard InChI is InChI=1S/C11H14N2O5/c1-8-4-9(6-10(5-8)13(16)17)12-2-3-18-7-11(14)15/h4-6,12H,2-3,7H2,1H3,(H,14,15). The highest BCUT2D eigenvalue weighted by atomic mass is 16.6. The number of carbonyl (C=O) groups is 1. The van der Waals surface area contributed by atoms with Crippen LogP contribution in [0.25, 0.3) is 0 Å². The Morgan fingerprint density at radius 1 is 1.50 bits per heavy atom. The number of aryl methyl sites for hydroxylation is 1. The fourth-order valence-corrected chi connectivity index (χ4v) is 1.40. The van der Waals surface area contributed by atoms with Crippen LogP contribution in [0.4, 0.5) is 11.4 Å². The minimum atomic E-state index is -1.03. The van der Waals surface area contributed by atoms with E-state index in [1.807, 2.05) is 0 Å². The van der Waals surface area contributed by atoms with Gasteiger partial charge in [-0.2, -0.15) is 0 Å². The highest BCUT2D eigenvalue weighted by molar-refractivity contribution is 5.68. The van der Waals surface area contributed by atoms with Crippen LogP contribution in [0.15, 0.2) is 18.2 Å². The van der Waals surface area contributed by atoms with Crippen LogP contribution in [0.3, 0.4) is 0 Å². The number of nitro benzene ring substituents is 1. The molecule has 0 amide bonds. The van der Waals surface area contributed by atoms with E-state index < -0.39 is 10.9 Å². The fraction of sp³-hybridized carbons (Fsp3) is 0.364. The van der Waals surface area contributed by atoms with E-state index in [0.29, 0.717) is 12.2 Å². The third-order valence-corrected chi connectivity index (χ3v) is 2.07. The van der Waals surface area contributed by atoms with E-state index in [4.69, 9.17) is 9.84 Å². The van der Waals surface area contributed by atoms with Gasteiger partial charge in [-0.25, -0.2) is 4.79 Å². The van der Waals surface area contributed by atoms with E-state index in [1.54, 1.807) is 13.0 Å². The van der Waals surface area contributed by atoms with E-state index >= 15 is 0 Å². The van der Waals surface area contributed by atoms with Gasteiger partial charge in [0.05, 0.1) is 11.5 Å². The molecule has 1 aromatic rings. The monoisotopic (exact) mass is 254 g/mol. The quantitative estimate of drug-likeness (QED) is 0.433. The van der Waals surface area contributed by atoms with Gasteiger partial charge in [0.2, 0.25) is 0 Å². The van der Waals surface area contributed by atoms with Crippen molar-refractivity contribution < 1.29 is 19.6 Å². The molecule has 0 bridgehead atoms. The summed E-state index contributed by atoms with van der Waals surface area (Å²) in [6.45, 7) is 2.01. The molecule has 0 aromatic heterocycles. The number of nitrogens with zero attached hydrogens (tertiary/aromatic N) is 1. The smallest absolute Gasteiger partial charge is 0.329 e. The summed E-state index contributed by atoms with van der Waals surface area (Å²) in [6, 6.07) is 4.67. The molecular weight excluding hydrogens is 240 g/mol. The average Bonchev–Trinajstić information content (AvgIpc) is 2.27. The lowest BCUT2D eigenvalue weighted by Crippen LogP contribution is -2.14. The van der Waals surface area contributed by atoms with Crippen LogP contribution in [-0.2, 0) is 9.53 Å². The summed E-state index contributed by atoms with van der Waals surface area (Å²) in [7, 11) is 0. The highest BCUT2D eigenvalue weighted by Gasteiger charge is 2.07. The molecule has 18 heavy (non-hydrogen) atoms. The normalized spacial score (nSPS) is 10.1. The molecule has 98 valence electrons. The van der Waals surface area contributed by atoms with Crippen molar-refractivity contribution in [3.05, 3.63) is 33.9 Å². The van der Waals surface area contributed by atoms with Crippen LogP contribution < -0.4 is 5.32 Å². The molecule has 0 saturated heterocycles. The van der Waals surface area contributed by atoms with E-state index in [9.17, 15) is 14.9 Å². The van der Waals surface area contributed by atoms with Crippen LogP contribution in [0.2, 0.25) is 0 Å². The summed E-state index contributed by atoms with van der Waals surface area (Å²) >= 11 is 0. The molecule has 2 N–H and O–H groups in total. The Bertz CT molecular complexity index is 447. The lowest BCUT2D eigenvalue weighted by atomic mass is 10.2. The van der Waals surface area contributed by atoms with Gasteiger partial charge < -0.3 is 15.2 Å². The Labute approximate surface area is 104 Å². The van der Waals surface area contributed by atoms with Crippen molar-refractivity contribution in [1.29, 1.82) is 0 Å². The zero-order valence-corrected chi connectivity index (χ0v) is 9.88. The molecule has 1 aromatic carbocycles. The Kier molecular flexibility index (Phi) is 5.06. The topological polar surface area (TPSA) is 102 Å². The number of carboxylic acids is 1. The number of benzene rings is 1. The van der Waals surface area contributed by atoms with Crippen LogP contribution in [0.5, 0.6) is 0 Å². The predicted octanol–water partition coefficient (Wildman–Crippen LogP) is 1.42. The Balaban J connectivity index is 2.47. The summed E-state index contributed by atoms with van der Waals surface area (Å²) in [4.78, 5) is 20.4. The van der Waals surface area contributed by atoms with Crippen molar-refractivity contribution >= 4 is 17.3 Å². The third kappa shape index (κ3) is 4.79. The third-order valence-electron chi connectivity index (χ3n) is 2.07. The molecule has 0 saturated carbocycles. The summed E-state index contributed by atoms with van der Waals surface area (Å²) in [5.41, 5.74) is 1.41. The van der Waals surface area contributed by atoms with Gasteiger partial charge >= 0.3 is 5.97 Å². The van der Waals surface area contributed by atoms with E-state index in [1.165, 1.54) is 12.1 Å². The van der Waals surface area contributed by atoms with Gasteiger partial charge in [-0.1, -0.05) is 0 Å². The molecule has 0 heterocycles. The zero-order chi connectivity index (χ0) is 13.5. The van der Waals surface area contributed by atoms with Crippen molar-refractivity contribution in [2.24, 2.45) is 0 Å². The first-order valence-electron chi connectivity index (χ1n) is 5.28. The molecular formula is C11H14N2O5. The molecule has 7 heteroatoms. The van der Waals surface area contributed by atoms with Crippen molar-refractivity contribution in [3.8, 4) is 0 Å². The maximum atomic E-state index is 10.6. The van der Waals surface area contributed by atoms with Crippen LogP contribution >= 0.6 is 0 Å². The molecule has 0 spiro atoms. The summed E-state index contributed by atoms with van der Waals surface area (Å²) in [6.07, 6.45) is 0. The number of hydrogen-bond donors (Lipinski definition) is 2. The molecule has 0 atom stereocenters. The lowest BCUT2D eigenvalue weighted by molar-refractivity contribution is -0.384. The molecule has 0 aliphatic carbocycles. The van der Waals surface area contributed by atoms with Crippen LogP contribution in [0, 0.1) is 17.0 Å². The Hall–Kier alpha value is -2.15. The molecule has 0 unspecified atom stereocenters. The largest absolute Gasteiger partial charge is 0.480 e. The Morgan fingerprint density at radius 2 is 2.22 bits per heavy atom. The number of nitrogens with one attached hydrogen (secondary N) is 1. The van der Waals surface area contributed by atoms with Crippen molar-refractivity contribution in [1.82, 2.24) is 0 Å². The number of hydrogen-bond acceptors (Lipinski definition) is 5. The minimum Gasteiger partial charge on any atom is -0.480 e. The highest BCUT2D eigenvalue weighted by Crippen LogP contribution is 2.20. The van der Waals surface area contributed by atoms with Crippen molar-refractivity contribution in [2.75, 3.05) is 25.1 Å². The van der Waals surface area contributed by atoms with Gasteiger partial charge in [-0.3, -0.25) is 10.1 Å². The summed E-state index contributed by atoms with van der Waals surface area (Å²) in [5.74, 6) is -1.03. The SMILES string of the molecule is Cc1cc(NCCOCC(=O)O)cc([N+](=O)[O-])c1. The van der Waals surface area contributed by atoms with E-state index in [2.05, 4.69) is 5.32 Å². The first kappa shape index (κ1) is 13.9. The van der Waals surface area contributed by atoms with Gasteiger partial charge in [-0.05, 0) is 18.6 Å². The first-order chi connectivity index (χ1) is 8.49. The maximum absolute atomic E-state index is 10.6. The Morgan fingerprint density at radius 3 is 2.83 bits per heavy atom. The van der Waals surface area contributed by atoms with Gasteiger partial charge in [0, 0.05) is 24.4 Å². The molecule has 0 aliphatic heterocycles. The molecule has 0 aliphatic rings. The van der Waals surface area contributed by atoms with Gasteiger partial charge in [0.15, 0.2) is 0 Å². The number of rotatable bonds is 7. The van der Waals surface area contributed by atoms with Crippen LogP contribution in [0.1, 0.15) is 5.56 Å². The predicted molar refractivity (Wildman–Crippen MR) is 64.8 cm³/mol. The molecule has 7 nitrogen and oxygen atoms in total. The van der Waals surface area contributed by atoms with Gasteiger partial charge in [-0.15, -0.1) is 0 Å². The van der Waals surface area contributed by atoms with Crippen molar-refractivity contribution in [2.45, 2.75) is 6.92 Å². The van der Waals surface area contributed by atoms with E-state index in [-0.39, 0.29) is 18.9 Å². The second-order valence-corrected chi connectivity index (χ2v) is 3.69. The van der Waals surface area contributed by atoms with Crippen molar-refractivity contribution in [3.63, 3.8) is 0 Å². The van der Waals surface area contributed by atoms with E-state index in [0.717, 1.165) is 5.56 Å². The summed E-state index contributed by atoms with van der Waals surface area (Å²) in [5, 5.41) is 21.9. The molecule has 0 fully saturated rings. The number of ether oxygens (including phenoxy) is 1. The van der Waals surface area contributed by atoms with Crippen LogP contribution in [-0.4, -0.2) is 35.8 Å². The second kappa shape index (κ2) is 6.55. The fourth-order valence-electron chi connectivity index (χ4n) is 1.40. The lowest BCUT2D eigenvalue weighted by Gasteiger charge is -2.07. The van der Waals surface area contributed by atoms with Gasteiger partial charge in [0.1, 0.15) is 6.61 Å². The minimum absolute atomic E-state index is 0.0176. The second-order valence-electron chi connectivity index (χ2n) is 3.69.